The molecule has 44 heavy (non-hydrogen) atoms. The molecule has 0 aliphatic carbocycles. The molecule has 15 heteroatoms. The monoisotopic (exact) mass is 634 g/mol. The number of carboxylic acid groups (broad SMARTS) is 1. The summed E-state index contributed by atoms with van der Waals surface area (Å²) in [5.41, 5.74) is -3.69. The standard InChI is InChI=1S/C29H27F9N4O2/c1-4-20-13-23(22-12-17(27(30,31)32)5-6-24(22)42(20)26(43)44)40-25-16(10-21(14-39-25)41(2)3)7-15-8-18(28(33,34)35)11-19(9-15)29(36,37)38/h5-6,8-12,14,20,23H,4,7,13H2,1-3H3,(H,39,40)(H,43,44)/t20-,23+/m1/s1. The molecule has 3 aromatic rings. The smallest absolute Gasteiger partial charge is 0.416 e. The summed E-state index contributed by atoms with van der Waals surface area (Å²) in [5.74, 6) is 0.00793. The molecule has 0 unspecified atom stereocenters. The van der Waals surface area contributed by atoms with Crippen LogP contribution >= 0.6 is 0 Å². The number of halogens is 9. The van der Waals surface area contributed by atoms with Crippen molar-refractivity contribution in [2.24, 2.45) is 0 Å². The summed E-state index contributed by atoms with van der Waals surface area (Å²) in [6.45, 7) is 1.70. The van der Waals surface area contributed by atoms with Crippen molar-refractivity contribution in [3.8, 4) is 0 Å². The van der Waals surface area contributed by atoms with Gasteiger partial charge in [0.25, 0.3) is 0 Å². The third kappa shape index (κ3) is 6.97. The molecule has 1 amide bonds. The van der Waals surface area contributed by atoms with Crippen LogP contribution in [0.5, 0.6) is 0 Å². The van der Waals surface area contributed by atoms with Gasteiger partial charge in [0.1, 0.15) is 5.82 Å². The molecule has 0 radical (unpaired) electrons. The Bertz CT molecular complexity index is 1500. The molecule has 1 aromatic heterocycles. The van der Waals surface area contributed by atoms with Crippen LogP contribution in [-0.4, -0.2) is 36.3 Å². The summed E-state index contributed by atoms with van der Waals surface area (Å²) in [7, 11) is 3.28. The van der Waals surface area contributed by atoms with E-state index in [1.54, 1.807) is 25.9 Å². The van der Waals surface area contributed by atoms with E-state index in [2.05, 4.69) is 10.3 Å². The number of alkyl halides is 9. The third-order valence-corrected chi connectivity index (χ3v) is 7.36. The van der Waals surface area contributed by atoms with Crippen LogP contribution in [0.25, 0.3) is 0 Å². The fourth-order valence-corrected chi connectivity index (χ4v) is 5.19. The van der Waals surface area contributed by atoms with Gasteiger partial charge in [-0.2, -0.15) is 39.5 Å². The van der Waals surface area contributed by atoms with Crippen LogP contribution < -0.4 is 15.1 Å². The Kier molecular flexibility index (Phi) is 8.73. The molecule has 0 bridgehead atoms. The average molecular weight is 635 g/mol. The van der Waals surface area contributed by atoms with E-state index < -0.39 is 59.8 Å². The van der Waals surface area contributed by atoms with Crippen LogP contribution in [0.1, 0.15) is 59.2 Å². The minimum atomic E-state index is -5.06. The molecule has 2 heterocycles. The maximum atomic E-state index is 13.6. The van der Waals surface area contributed by atoms with Crippen molar-refractivity contribution in [1.29, 1.82) is 0 Å². The van der Waals surface area contributed by atoms with Crippen molar-refractivity contribution >= 4 is 23.3 Å². The molecule has 2 atom stereocenters. The zero-order valence-corrected chi connectivity index (χ0v) is 23.5. The SMILES string of the molecule is CC[C@@H]1C[C@H](Nc2ncc(N(C)C)cc2Cc2cc(C(F)(F)F)cc(C(F)(F)F)c2)c2cc(C(F)(F)F)ccc2N1C(=O)O. The normalized spacial score (nSPS) is 17.3. The second-order valence-electron chi connectivity index (χ2n) is 10.6. The number of hydrogen-bond acceptors (Lipinski definition) is 4. The first kappa shape index (κ1) is 32.7. The molecule has 4 rings (SSSR count). The van der Waals surface area contributed by atoms with Crippen molar-refractivity contribution in [3.05, 3.63) is 82.0 Å². The first-order valence-corrected chi connectivity index (χ1v) is 13.2. The maximum Gasteiger partial charge on any atom is 0.416 e. The van der Waals surface area contributed by atoms with E-state index in [1.807, 2.05) is 0 Å². The zero-order valence-electron chi connectivity index (χ0n) is 23.5. The summed E-state index contributed by atoms with van der Waals surface area (Å²) in [4.78, 5) is 19.0. The Hall–Kier alpha value is -4.17. The zero-order chi connectivity index (χ0) is 32.8. The van der Waals surface area contributed by atoms with E-state index in [0.29, 0.717) is 24.2 Å². The highest BCUT2D eigenvalue weighted by Gasteiger charge is 2.40. The molecule has 2 N–H and O–H groups in total. The van der Waals surface area contributed by atoms with Crippen molar-refractivity contribution < 1.29 is 49.4 Å². The molecule has 6 nitrogen and oxygen atoms in total. The summed E-state index contributed by atoms with van der Waals surface area (Å²) in [5, 5.41) is 12.9. The summed E-state index contributed by atoms with van der Waals surface area (Å²) in [6.07, 6.45) is -15.0. The predicted molar refractivity (Wildman–Crippen MR) is 145 cm³/mol. The fourth-order valence-electron chi connectivity index (χ4n) is 5.19. The van der Waals surface area contributed by atoms with Crippen molar-refractivity contribution in [2.45, 2.75) is 56.8 Å². The van der Waals surface area contributed by atoms with Gasteiger partial charge in [-0.05, 0) is 66.4 Å². The summed E-state index contributed by atoms with van der Waals surface area (Å²) in [6, 6.07) is 3.79. The molecular weight excluding hydrogens is 607 g/mol. The van der Waals surface area contributed by atoms with Crippen LogP contribution in [0.15, 0.2) is 48.7 Å². The molecule has 0 saturated heterocycles. The summed E-state index contributed by atoms with van der Waals surface area (Å²) >= 11 is 0. The quantitative estimate of drug-likeness (QED) is 0.266. The Labute approximate surface area is 246 Å². The second kappa shape index (κ2) is 11.7. The van der Waals surface area contributed by atoms with Gasteiger partial charge in [0, 0.05) is 32.1 Å². The van der Waals surface area contributed by atoms with Crippen molar-refractivity contribution in [1.82, 2.24) is 4.98 Å². The number of hydrogen-bond donors (Lipinski definition) is 2. The number of carbonyl (C=O) groups is 1. The number of nitrogens with one attached hydrogen (secondary N) is 1. The number of amides is 1. The molecule has 0 saturated carbocycles. The van der Waals surface area contributed by atoms with Gasteiger partial charge in [-0.3, -0.25) is 4.90 Å². The van der Waals surface area contributed by atoms with Gasteiger partial charge in [0.15, 0.2) is 0 Å². The number of pyridine rings is 1. The van der Waals surface area contributed by atoms with Gasteiger partial charge in [-0.1, -0.05) is 6.92 Å². The van der Waals surface area contributed by atoms with Crippen LogP contribution in [0.4, 0.5) is 61.5 Å². The largest absolute Gasteiger partial charge is 0.465 e. The molecule has 0 fully saturated rings. The third-order valence-electron chi connectivity index (χ3n) is 7.36. The van der Waals surface area contributed by atoms with Gasteiger partial charge >= 0.3 is 24.6 Å². The lowest BCUT2D eigenvalue weighted by atomic mass is 9.88. The number of fused-ring (bicyclic) bond motifs is 1. The lowest BCUT2D eigenvalue weighted by Gasteiger charge is -2.40. The first-order valence-electron chi connectivity index (χ1n) is 13.2. The van der Waals surface area contributed by atoms with Gasteiger partial charge in [-0.15, -0.1) is 0 Å². The van der Waals surface area contributed by atoms with E-state index in [0.717, 1.165) is 23.1 Å². The van der Waals surface area contributed by atoms with Crippen molar-refractivity contribution in [2.75, 3.05) is 29.2 Å². The molecule has 1 aliphatic rings. The Morgan fingerprint density at radius 2 is 1.52 bits per heavy atom. The molecule has 0 spiro atoms. The average Bonchev–Trinajstić information content (AvgIpc) is 2.91. The van der Waals surface area contributed by atoms with Gasteiger partial charge in [-0.25, -0.2) is 9.78 Å². The van der Waals surface area contributed by atoms with Gasteiger partial charge < -0.3 is 15.3 Å². The Balaban J connectivity index is 1.84. The van der Waals surface area contributed by atoms with Crippen LogP contribution in [0.2, 0.25) is 0 Å². The second-order valence-corrected chi connectivity index (χ2v) is 10.6. The Morgan fingerprint density at radius 3 is 2.02 bits per heavy atom. The Morgan fingerprint density at radius 1 is 0.932 bits per heavy atom. The van der Waals surface area contributed by atoms with E-state index in [4.69, 9.17) is 0 Å². The minimum absolute atomic E-state index is 0.00483. The lowest BCUT2D eigenvalue weighted by molar-refractivity contribution is -0.143. The van der Waals surface area contributed by atoms with Crippen LogP contribution in [0, 0.1) is 0 Å². The topological polar surface area (TPSA) is 68.7 Å². The van der Waals surface area contributed by atoms with Gasteiger partial charge in [0.2, 0.25) is 0 Å². The molecule has 238 valence electrons. The van der Waals surface area contributed by atoms with E-state index in [-0.39, 0.29) is 40.7 Å². The number of benzene rings is 2. The highest BCUT2D eigenvalue weighted by molar-refractivity contribution is 5.89. The number of rotatable bonds is 6. The van der Waals surface area contributed by atoms with Crippen LogP contribution in [0.3, 0.4) is 0 Å². The molecule has 2 aromatic carbocycles. The number of aromatic nitrogens is 1. The molecular formula is C29H27F9N4O2. The molecule has 1 aliphatic heterocycles. The highest BCUT2D eigenvalue weighted by atomic mass is 19.4. The fraction of sp³-hybridized carbons (Fsp3) is 0.379. The van der Waals surface area contributed by atoms with Gasteiger partial charge in [0.05, 0.1) is 40.3 Å². The van der Waals surface area contributed by atoms with Crippen LogP contribution in [-0.2, 0) is 24.9 Å². The number of nitrogens with zero attached hydrogens (tertiary/aromatic N) is 3. The minimum Gasteiger partial charge on any atom is -0.465 e. The number of anilines is 3. The van der Waals surface area contributed by atoms with E-state index >= 15 is 0 Å². The van der Waals surface area contributed by atoms with Crippen molar-refractivity contribution in [3.63, 3.8) is 0 Å². The first-order chi connectivity index (χ1) is 20.3. The van der Waals surface area contributed by atoms with E-state index in [9.17, 15) is 49.4 Å². The summed E-state index contributed by atoms with van der Waals surface area (Å²) < 4.78 is 122. The predicted octanol–water partition coefficient (Wildman–Crippen LogP) is 8.61. The van der Waals surface area contributed by atoms with E-state index in [1.165, 1.54) is 12.3 Å². The lowest BCUT2D eigenvalue weighted by Crippen LogP contribution is -2.45. The highest BCUT2D eigenvalue weighted by Crippen LogP contribution is 2.44. The maximum absolute atomic E-state index is 13.6.